The minimum atomic E-state index is -0.0747. The minimum Gasteiger partial charge on any atom is -0.481 e. The van der Waals surface area contributed by atoms with Gasteiger partial charge in [-0.1, -0.05) is 0 Å². The van der Waals surface area contributed by atoms with E-state index in [4.69, 9.17) is 10.5 Å². The number of carbonyl (C=O) groups excluding carboxylic acids is 1. The van der Waals surface area contributed by atoms with Crippen molar-refractivity contribution in [1.82, 2.24) is 14.7 Å². The number of aromatic nitrogens is 2. The van der Waals surface area contributed by atoms with Crippen molar-refractivity contribution < 1.29 is 9.53 Å². The van der Waals surface area contributed by atoms with E-state index in [2.05, 4.69) is 5.10 Å². The zero-order valence-corrected chi connectivity index (χ0v) is 11.1. The second-order valence-electron chi connectivity index (χ2n) is 4.98. The Hall–Kier alpha value is -1.56. The van der Waals surface area contributed by atoms with Gasteiger partial charge in [-0.2, -0.15) is 5.10 Å². The summed E-state index contributed by atoms with van der Waals surface area (Å²) in [5.74, 6) is 1.03. The second-order valence-corrected chi connectivity index (χ2v) is 4.98. The van der Waals surface area contributed by atoms with Gasteiger partial charge in [0.15, 0.2) is 5.69 Å². The quantitative estimate of drug-likeness (QED) is 0.833. The summed E-state index contributed by atoms with van der Waals surface area (Å²) < 4.78 is 6.65. The van der Waals surface area contributed by atoms with Gasteiger partial charge < -0.3 is 15.4 Å². The average molecular weight is 252 g/mol. The maximum absolute atomic E-state index is 12.1. The summed E-state index contributed by atoms with van der Waals surface area (Å²) in [7, 11) is 5.11. The number of hydrogen-bond acceptors (Lipinski definition) is 4. The molecule has 1 aromatic rings. The van der Waals surface area contributed by atoms with Crippen LogP contribution in [0.1, 0.15) is 23.3 Å². The van der Waals surface area contributed by atoms with Gasteiger partial charge in [0.25, 0.3) is 5.91 Å². The molecule has 0 radical (unpaired) electrons. The van der Waals surface area contributed by atoms with Crippen LogP contribution in [0.25, 0.3) is 0 Å². The minimum absolute atomic E-state index is 0.0747. The van der Waals surface area contributed by atoms with Gasteiger partial charge in [-0.15, -0.1) is 0 Å². The molecular formula is C12H20N4O2. The van der Waals surface area contributed by atoms with Crippen molar-refractivity contribution in [1.29, 1.82) is 0 Å². The highest BCUT2D eigenvalue weighted by Gasteiger charge is 2.28. The van der Waals surface area contributed by atoms with E-state index in [1.54, 1.807) is 36.9 Å². The molecule has 0 aliphatic heterocycles. The van der Waals surface area contributed by atoms with Gasteiger partial charge in [-0.3, -0.25) is 4.79 Å². The number of hydrogen-bond donors (Lipinski definition) is 1. The normalized spacial score (nSPS) is 22.4. The van der Waals surface area contributed by atoms with Crippen LogP contribution in [0.5, 0.6) is 5.88 Å². The molecule has 0 saturated heterocycles. The number of carbonyl (C=O) groups is 1. The third kappa shape index (κ3) is 2.48. The highest BCUT2D eigenvalue weighted by molar-refractivity contribution is 5.92. The Morgan fingerprint density at radius 3 is 2.83 bits per heavy atom. The molecule has 2 rings (SSSR count). The van der Waals surface area contributed by atoms with Crippen LogP contribution in [0.2, 0.25) is 0 Å². The van der Waals surface area contributed by atoms with Crippen molar-refractivity contribution >= 4 is 5.91 Å². The van der Waals surface area contributed by atoms with E-state index in [9.17, 15) is 4.79 Å². The molecule has 6 nitrogen and oxygen atoms in total. The van der Waals surface area contributed by atoms with Gasteiger partial charge in [-0.05, 0) is 18.8 Å². The van der Waals surface area contributed by atoms with Crippen molar-refractivity contribution in [3.63, 3.8) is 0 Å². The van der Waals surface area contributed by atoms with Crippen LogP contribution in [0.15, 0.2) is 6.07 Å². The number of nitrogens with two attached hydrogens (primary N) is 1. The molecule has 0 bridgehead atoms. The fourth-order valence-electron chi connectivity index (χ4n) is 2.35. The summed E-state index contributed by atoms with van der Waals surface area (Å²) in [6.07, 6.45) is 2.01. The summed E-state index contributed by atoms with van der Waals surface area (Å²) in [6.45, 7) is 0.741. The van der Waals surface area contributed by atoms with Gasteiger partial charge in [0.1, 0.15) is 0 Å². The van der Waals surface area contributed by atoms with Crippen molar-refractivity contribution in [2.75, 3.05) is 20.7 Å². The monoisotopic (exact) mass is 252 g/mol. The lowest BCUT2D eigenvalue weighted by atomic mass is 9.80. The Balaban J connectivity index is 1.96. The molecule has 0 unspecified atom stereocenters. The summed E-state index contributed by atoms with van der Waals surface area (Å²) in [5, 5.41) is 4.14. The predicted octanol–water partition coefficient (Wildman–Crippen LogP) is 0.238. The van der Waals surface area contributed by atoms with Crippen LogP contribution < -0.4 is 10.5 Å². The van der Waals surface area contributed by atoms with Gasteiger partial charge >= 0.3 is 0 Å². The second kappa shape index (κ2) is 4.97. The van der Waals surface area contributed by atoms with Gasteiger partial charge in [0.05, 0.1) is 7.11 Å². The van der Waals surface area contributed by atoms with E-state index in [1.807, 2.05) is 0 Å². The van der Waals surface area contributed by atoms with Crippen molar-refractivity contribution in [3.05, 3.63) is 11.8 Å². The molecule has 100 valence electrons. The van der Waals surface area contributed by atoms with Crippen molar-refractivity contribution in [2.45, 2.75) is 18.9 Å². The molecule has 0 spiro atoms. The fraction of sp³-hybridized carbons (Fsp3) is 0.667. The Bertz CT molecular complexity index is 437. The molecule has 2 N–H and O–H groups in total. The van der Waals surface area contributed by atoms with Crippen LogP contribution >= 0.6 is 0 Å². The zero-order valence-electron chi connectivity index (χ0n) is 11.1. The summed E-state index contributed by atoms with van der Waals surface area (Å²) >= 11 is 0. The zero-order chi connectivity index (χ0) is 13.3. The first kappa shape index (κ1) is 12.9. The maximum Gasteiger partial charge on any atom is 0.274 e. The van der Waals surface area contributed by atoms with Crippen LogP contribution in [0.4, 0.5) is 0 Å². The van der Waals surface area contributed by atoms with E-state index in [1.165, 1.54) is 0 Å². The number of aryl methyl sites for hydroxylation is 1. The summed E-state index contributed by atoms with van der Waals surface area (Å²) in [6, 6.07) is 1.97. The lowest BCUT2D eigenvalue weighted by Crippen LogP contribution is -2.43. The van der Waals surface area contributed by atoms with E-state index in [0.717, 1.165) is 19.4 Å². The third-order valence-electron chi connectivity index (χ3n) is 3.42. The van der Waals surface area contributed by atoms with E-state index in [0.29, 0.717) is 23.5 Å². The molecule has 0 atom stereocenters. The van der Waals surface area contributed by atoms with Crippen molar-refractivity contribution in [2.24, 2.45) is 18.7 Å². The lowest BCUT2D eigenvalue weighted by molar-refractivity contribution is 0.0727. The van der Waals surface area contributed by atoms with Crippen LogP contribution in [0, 0.1) is 5.92 Å². The fourth-order valence-corrected chi connectivity index (χ4v) is 2.35. The summed E-state index contributed by atoms with van der Waals surface area (Å²) in [5.41, 5.74) is 6.15. The van der Waals surface area contributed by atoms with E-state index < -0.39 is 0 Å². The molecule has 1 aromatic heterocycles. The Morgan fingerprint density at radius 1 is 1.67 bits per heavy atom. The Labute approximate surface area is 107 Å². The van der Waals surface area contributed by atoms with Crippen LogP contribution in [-0.4, -0.2) is 47.3 Å². The highest BCUT2D eigenvalue weighted by Crippen LogP contribution is 2.26. The first-order valence-electron chi connectivity index (χ1n) is 6.10. The maximum atomic E-state index is 12.1. The van der Waals surface area contributed by atoms with Crippen LogP contribution in [0.3, 0.4) is 0 Å². The molecule has 6 heteroatoms. The van der Waals surface area contributed by atoms with Gasteiger partial charge in [0, 0.05) is 32.7 Å². The third-order valence-corrected chi connectivity index (χ3v) is 3.42. The Morgan fingerprint density at radius 2 is 2.33 bits per heavy atom. The first-order valence-corrected chi connectivity index (χ1v) is 6.10. The highest BCUT2D eigenvalue weighted by atomic mass is 16.5. The molecule has 1 aliphatic rings. The van der Waals surface area contributed by atoms with Crippen molar-refractivity contribution in [3.8, 4) is 5.88 Å². The molecule has 1 saturated carbocycles. The smallest absolute Gasteiger partial charge is 0.274 e. The SMILES string of the molecule is COc1cc(C(=O)N(C)CC2CC(N)C2)nn1C. The first-order chi connectivity index (χ1) is 8.51. The number of nitrogens with zero attached hydrogens (tertiary/aromatic N) is 3. The van der Waals surface area contributed by atoms with Gasteiger partial charge in [0.2, 0.25) is 5.88 Å². The largest absolute Gasteiger partial charge is 0.481 e. The molecule has 1 fully saturated rings. The number of amides is 1. The molecular weight excluding hydrogens is 232 g/mol. The number of rotatable bonds is 4. The number of methoxy groups -OCH3 is 1. The molecule has 1 amide bonds. The Kier molecular flexibility index (Phi) is 3.56. The van der Waals surface area contributed by atoms with Crippen LogP contribution in [-0.2, 0) is 7.05 Å². The van der Waals surface area contributed by atoms with E-state index >= 15 is 0 Å². The lowest BCUT2D eigenvalue weighted by Gasteiger charge is -2.35. The predicted molar refractivity (Wildman–Crippen MR) is 67.4 cm³/mol. The van der Waals surface area contributed by atoms with E-state index in [-0.39, 0.29) is 5.91 Å². The molecule has 1 aliphatic carbocycles. The standard InChI is InChI=1S/C12H20N4O2/c1-15(7-8-4-9(13)5-8)12(17)10-6-11(18-3)16(2)14-10/h6,8-9H,4-5,7,13H2,1-3H3. The topological polar surface area (TPSA) is 73.4 Å². The number of ether oxygens (including phenoxy) is 1. The van der Waals surface area contributed by atoms with Gasteiger partial charge in [-0.25, -0.2) is 4.68 Å². The molecule has 18 heavy (non-hydrogen) atoms. The average Bonchev–Trinajstić information content (AvgIpc) is 2.67. The molecule has 1 heterocycles. The molecule has 0 aromatic carbocycles. The summed E-state index contributed by atoms with van der Waals surface area (Å²) in [4.78, 5) is 13.9.